The van der Waals surface area contributed by atoms with Crippen LogP contribution < -0.4 is 4.74 Å². The zero-order valence-electron chi connectivity index (χ0n) is 13.9. The van der Waals surface area contributed by atoms with Gasteiger partial charge in [0, 0.05) is 19.6 Å². The molecule has 23 heavy (non-hydrogen) atoms. The normalized spacial score (nSPS) is 22.8. The minimum absolute atomic E-state index is 0.0332. The number of rotatable bonds is 7. The van der Waals surface area contributed by atoms with E-state index in [1.54, 1.807) is 18.7 Å². The number of aliphatic hydroxyl groups excluding tert-OH is 1. The van der Waals surface area contributed by atoms with Crippen LogP contribution in [-0.2, 0) is 4.74 Å². The second-order valence-corrected chi connectivity index (χ2v) is 6.21. The van der Waals surface area contributed by atoms with Gasteiger partial charge in [0.15, 0.2) is 0 Å². The maximum atomic E-state index is 11.4. The molecule has 1 aromatic heterocycles. The molecular formula is C15H25N3O5. The van der Waals surface area contributed by atoms with E-state index < -0.39 is 4.92 Å². The Morgan fingerprint density at radius 1 is 1.43 bits per heavy atom. The lowest BCUT2D eigenvalue weighted by atomic mass is 9.93. The summed E-state index contributed by atoms with van der Waals surface area (Å²) in [5, 5.41) is 24.7. The SMILES string of the molecule is COC1CCC(n2nc(OC[C@@H](C)CO)c([N+](=O)[O-])c2C)CC1. The topological polar surface area (TPSA) is 99.7 Å². The maximum Gasteiger partial charge on any atom is 0.352 e. The molecule has 1 aromatic rings. The first kappa shape index (κ1) is 17.7. The van der Waals surface area contributed by atoms with Crippen LogP contribution in [0.1, 0.15) is 44.3 Å². The number of aromatic nitrogens is 2. The fourth-order valence-corrected chi connectivity index (χ4v) is 2.95. The zero-order chi connectivity index (χ0) is 17.0. The molecule has 0 unspecified atom stereocenters. The van der Waals surface area contributed by atoms with Crippen molar-refractivity contribution in [1.82, 2.24) is 9.78 Å². The molecule has 130 valence electrons. The van der Waals surface area contributed by atoms with Gasteiger partial charge in [0.1, 0.15) is 5.69 Å². The monoisotopic (exact) mass is 327 g/mol. The Hall–Kier alpha value is -1.67. The summed E-state index contributed by atoms with van der Waals surface area (Å²) in [5.74, 6) is -0.0566. The van der Waals surface area contributed by atoms with Crippen molar-refractivity contribution in [3.05, 3.63) is 15.8 Å². The molecule has 0 spiro atoms. The fraction of sp³-hybridized carbons (Fsp3) is 0.800. The molecule has 1 N–H and O–H groups in total. The number of hydrogen-bond acceptors (Lipinski definition) is 6. The molecule has 0 bridgehead atoms. The highest BCUT2D eigenvalue weighted by atomic mass is 16.6. The third-order valence-corrected chi connectivity index (χ3v) is 4.41. The summed E-state index contributed by atoms with van der Waals surface area (Å²) in [6.07, 6.45) is 3.87. The molecule has 2 rings (SSSR count). The van der Waals surface area contributed by atoms with Crippen LogP contribution in [0.4, 0.5) is 5.69 Å². The van der Waals surface area contributed by atoms with Crippen LogP contribution >= 0.6 is 0 Å². The van der Waals surface area contributed by atoms with E-state index in [2.05, 4.69) is 5.10 Å². The Morgan fingerprint density at radius 3 is 2.61 bits per heavy atom. The first-order valence-corrected chi connectivity index (χ1v) is 7.97. The van der Waals surface area contributed by atoms with E-state index in [1.807, 2.05) is 6.92 Å². The van der Waals surface area contributed by atoms with Gasteiger partial charge in [-0.3, -0.25) is 14.8 Å². The quantitative estimate of drug-likeness (QED) is 0.609. The lowest BCUT2D eigenvalue weighted by molar-refractivity contribution is -0.386. The molecular weight excluding hydrogens is 302 g/mol. The van der Waals surface area contributed by atoms with Crippen LogP contribution in [0.5, 0.6) is 5.88 Å². The van der Waals surface area contributed by atoms with E-state index in [-0.39, 0.29) is 42.8 Å². The largest absolute Gasteiger partial charge is 0.471 e. The number of ether oxygens (including phenoxy) is 2. The summed E-state index contributed by atoms with van der Waals surface area (Å²) in [5.41, 5.74) is 0.437. The van der Waals surface area contributed by atoms with Crippen LogP contribution in [0.25, 0.3) is 0 Å². The van der Waals surface area contributed by atoms with Gasteiger partial charge in [0.25, 0.3) is 0 Å². The highest BCUT2D eigenvalue weighted by Crippen LogP contribution is 2.36. The number of methoxy groups -OCH3 is 1. The molecule has 0 saturated heterocycles. The smallest absolute Gasteiger partial charge is 0.352 e. The maximum absolute atomic E-state index is 11.4. The Morgan fingerprint density at radius 2 is 2.09 bits per heavy atom. The Bertz CT molecular complexity index is 537. The lowest BCUT2D eigenvalue weighted by Gasteiger charge is -2.28. The van der Waals surface area contributed by atoms with E-state index in [9.17, 15) is 10.1 Å². The fourth-order valence-electron chi connectivity index (χ4n) is 2.95. The summed E-state index contributed by atoms with van der Waals surface area (Å²) < 4.78 is 12.6. The standard InChI is InChI=1S/C15H25N3O5/c1-10(8-19)9-23-15-14(18(20)21)11(2)17(16-15)12-4-6-13(22-3)7-5-12/h10,12-13,19H,4-9H2,1-3H3/t10-,12?,13?/m0/s1. The molecule has 0 amide bonds. The van der Waals surface area contributed by atoms with E-state index in [0.29, 0.717) is 5.69 Å². The van der Waals surface area contributed by atoms with Crippen molar-refractivity contribution in [2.45, 2.75) is 51.7 Å². The molecule has 1 aliphatic carbocycles. The van der Waals surface area contributed by atoms with Crippen LogP contribution in [0.3, 0.4) is 0 Å². The predicted octanol–water partition coefficient (Wildman–Crippen LogP) is 2.24. The highest BCUT2D eigenvalue weighted by Gasteiger charge is 2.31. The van der Waals surface area contributed by atoms with E-state index >= 15 is 0 Å². The van der Waals surface area contributed by atoms with Gasteiger partial charge >= 0.3 is 11.6 Å². The van der Waals surface area contributed by atoms with Crippen molar-refractivity contribution in [1.29, 1.82) is 0 Å². The van der Waals surface area contributed by atoms with E-state index in [0.717, 1.165) is 25.7 Å². The van der Waals surface area contributed by atoms with Crippen LogP contribution in [0.2, 0.25) is 0 Å². The summed E-state index contributed by atoms with van der Waals surface area (Å²) in [6, 6.07) is 0.132. The van der Waals surface area contributed by atoms with Gasteiger partial charge in [-0.2, -0.15) is 0 Å². The molecule has 1 aliphatic rings. The van der Waals surface area contributed by atoms with Crippen molar-refractivity contribution < 1.29 is 19.5 Å². The number of nitrogens with zero attached hydrogens (tertiary/aromatic N) is 3. The van der Waals surface area contributed by atoms with Crippen molar-refractivity contribution in [3.8, 4) is 5.88 Å². The van der Waals surface area contributed by atoms with Crippen molar-refractivity contribution in [2.75, 3.05) is 20.3 Å². The molecule has 8 heteroatoms. The van der Waals surface area contributed by atoms with Gasteiger partial charge < -0.3 is 14.6 Å². The summed E-state index contributed by atoms with van der Waals surface area (Å²) in [7, 11) is 1.71. The second kappa shape index (κ2) is 7.74. The van der Waals surface area contributed by atoms with Gasteiger partial charge in [-0.1, -0.05) is 6.92 Å². The molecule has 1 atom stereocenters. The molecule has 1 fully saturated rings. The molecule has 0 radical (unpaired) electrons. The average molecular weight is 327 g/mol. The van der Waals surface area contributed by atoms with Gasteiger partial charge in [-0.05, 0) is 32.6 Å². The molecule has 0 aliphatic heterocycles. The third kappa shape index (κ3) is 4.00. The molecule has 1 saturated carbocycles. The number of hydrogen-bond donors (Lipinski definition) is 1. The first-order chi connectivity index (χ1) is 11.0. The van der Waals surface area contributed by atoms with Crippen molar-refractivity contribution >= 4 is 5.69 Å². The predicted molar refractivity (Wildman–Crippen MR) is 83.7 cm³/mol. The minimum atomic E-state index is -0.446. The summed E-state index contributed by atoms with van der Waals surface area (Å²) in [6.45, 7) is 3.68. The van der Waals surface area contributed by atoms with Crippen molar-refractivity contribution in [3.63, 3.8) is 0 Å². The Kier molecular flexibility index (Phi) is 5.95. The number of nitro groups is 1. The van der Waals surface area contributed by atoms with Gasteiger partial charge in [-0.25, -0.2) is 0 Å². The zero-order valence-corrected chi connectivity index (χ0v) is 13.9. The van der Waals surface area contributed by atoms with Gasteiger partial charge in [-0.15, -0.1) is 5.10 Å². The van der Waals surface area contributed by atoms with Crippen molar-refractivity contribution in [2.24, 2.45) is 5.92 Å². The molecule has 8 nitrogen and oxygen atoms in total. The van der Waals surface area contributed by atoms with Crippen LogP contribution in [0, 0.1) is 23.0 Å². The van der Waals surface area contributed by atoms with Crippen LogP contribution in [0.15, 0.2) is 0 Å². The van der Waals surface area contributed by atoms with Gasteiger partial charge in [0.2, 0.25) is 0 Å². The molecule has 1 heterocycles. The van der Waals surface area contributed by atoms with Crippen LogP contribution in [-0.4, -0.2) is 46.2 Å². The van der Waals surface area contributed by atoms with E-state index in [4.69, 9.17) is 14.6 Å². The van der Waals surface area contributed by atoms with Gasteiger partial charge in [0.05, 0.1) is 23.7 Å². The Labute approximate surface area is 135 Å². The highest BCUT2D eigenvalue weighted by molar-refractivity contribution is 5.45. The van der Waals surface area contributed by atoms with E-state index in [1.165, 1.54) is 0 Å². The summed E-state index contributed by atoms with van der Waals surface area (Å²) >= 11 is 0. The number of aliphatic hydroxyl groups is 1. The Balaban J connectivity index is 2.19. The first-order valence-electron chi connectivity index (χ1n) is 7.97. The average Bonchev–Trinajstić information content (AvgIpc) is 2.89. The second-order valence-electron chi connectivity index (χ2n) is 6.21. The minimum Gasteiger partial charge on any atom is -0.471 e. The molecule has 0 aromatic carbocycles. The summed E-state index contributed by atoms with van der Waals surface area (Å²) in [4.78, 5) is 10.9. The third-order valence-electron chi connectivity index (χ3n) is 4.41. The lowest BCUT2D eigenvalue weighted by Crippen LogP contribution is -2.24.